The van der Waals surface area contributed by atoms with Crippen molar-refractivity contribution in [3.05, 3.63) is 100 Å². The number of ether oxygens (including phenoxy) is 1. The third-order valence-electron chi connectivity index (χ3n) is 5.63. The number of carboxylic acids is 1. The first-order chi connectivity index (χ1) is 17.2. The number of hydrogen-bond donors (Lipinski definition) is 2. The Kier molecular flexibility index (Phi) is 9.11. The fraction of sp³-hybridized carbons (Fsp3) is 0.286. The Morgan fingerprint density at radius 3 is 2.36 bits per heavy atom. The van der Waals surface area contributed by atoms with Crippen molar-refractivity contribution in [2.75, 3.05) is 0 Å². The number of carboxylic acid groups (broad SMARTS) is 1. The minimum absolute atomic E-state index is 0.0000909. The van der Waals surface area contributed by atoms with Crippen LogP contribution in [0.5, 0.6) is 5.75 Å². The molecule has 0 spiro atoms. The molecule has 0 saturated carbocycles. The van der Waals surface area contributed by atoms with E-state index < -0.39 is 35.4 Å². The number of aliphatic carboxylic acids is 1. The van der Waals surface area contributed by atoms with E-state index in [-0.39, 0.29) is 42.9 Å². The number of amides is 1. The maximum Gasteiger partial charge on any atom is 0.303 e. The van der Waals surface area contributed by atoms with E-state index in [1.807, 2.05) is 32.0 Å². The van der Waals surface area contributed by atoms with Crippen LogP contribution in [0.15, 0.2) is 60.7 Å². The molecule has 5 nitrogen and oxygen atoms in total. The summed E-state index contributed by atoms with van der Waals surface area (Å²) in [5, 5.41) is 11.9. The van der Waals surface area contributed by atoms with Crippen LogP contribution in [0, 0.1) is 23.4 Å². The van der Waals surface area contributed by atoms with Gasteiger partial charge in [-0.3, -0.25) is 9.59 Å². The SMILES string of the molecule is CC(C)CC(NC(=O)c1cc(COc2ccccc2)ccc1CCC(=O)O)c1ccc(F)c(F)c1F. The van der Waals surface area contributed by atoms with Crippen LogP contribution in [-0.4, -0.2) is 17.0 Å². The first kappa shape index (κ1) is 26.8. The molecule has 0 heterocycles. The Balaban J connectivity index is 1.91. The van der Waals surface area contributed by atoms with Crippen molar-refractivity contribution in [3.63, 3.8) is 0 Å². The Hall–Kier alpha value is -3.81. The Labute approximate surface area is 207 Å². The molecule has 0 radical (unpaired) electrons. The summed E-state index contributed by atoms with van der Waals surface area (Å²) in [6, 6.07) is 15.1. The molecule has 0 bridgehead atoms. The maximum atomic E-state index is 14.6. The molecule has 1 atom stereocenters. The molecule has 2 N–H and O–H groups in total. The van der Waals surface area contributed by atoms with E-state index in [1.54, 1.807) is 30.3 Å². The van der Waals surface area contributed by atoms with Crippen molar-refractivity contribution in [2.24, 2.45) is 5.92 Å². The molecule has 3 aromatic rings. The van der Waals surface area contributed by atoms with Gasteiger partial charge >= 0.3 is 5.97 Å². The van der Waals surface area contributed by atoms with Gasteiger partial charge in [-0.05, 0) is 54.2 Å². The molecule has 0 aliphatic rings. The van der Waals surface area contributed by atoms with Gasteiger partial charge in [-0.25, -0.2) is 13.2 Å². The topological polar surface area (TPSA) is 75.6 Å². The summed E-state index contributed by atoms with van der Waals surface area (Å²) in [6.07, 6.45) is 0.189. The molecule has 8 heteroatoms. The molecule has 0 fully saturated rings. The van der Waals surface area contributed by atoms with Crippen molar-refractivity contribution in [2.45, 2.75) is 45.8 Å². The Morgan fingerprint density at radius 2 is 1.69 bits per heavy atom. The van der Waals surface area contributed by atoms with Gasteiger partial charge in [-0.15, -0.1) is 0 Å². The zero-order valence-corrected chi connectivity index (χ0v) is 20.1. The summed E-state index contributed by atoms with van der Waals surface area (Å²) in [5.41, 5.74) is 1.21. The predicted octanol–water partition coefficient (Wildman–Crippen LogP) is 6.22. The number of nitrogens with one attached hydrogen (secondary N) is 1. The van der Waals surface area contributed by atoms with Crippen LogP contribution in [-0.2, 0) is 17.8 Å². The molecule has 0 aliphatic heterocycles. The van der Waals surface area contributed by atoms with Gasteiger partial charge in [0.15, 0.2) is 17.5 Å². The van der Waals surface area contributed by atoms with E-state index in [1.165, 1.54) is 0 Å². The van der Waals surface area contributed by atoms with Gasteiger partial charge in [0.2, 0.25) is 0 Å². The standard InChI is InChI=1S/C28H28F3NO4/c1-17(2)14-24(21-11-12-23(29)27(31)26(21)30)32-28(35)22-15-18(8-9-19(22)10-13-25(33)34)16-36-20-6-4-3-5-7-20/h3-9,11-12,15,17,24H,10,13-14,16H2,1-2H3,(H,32,35)(H,33,34). The second kappa shape index (κ2) is 12.2. The van der Waals surface area contributed by atoms with Gasteiger partial charge in [0, 0.05) is 17.5 Å². The third-order valence-corrected chi connectivity index (χ3v) is 5.63. The second-order valence-electron chi connectivity index (χ2n) is 8.91. The van der Waals surface area contributed by atoms with Crippen molar-refractivity contribution in [1.82, 2.24) is 5.32 Å². The smallest absolute Gasteiger partial charge is 0.303 e. The quantitative estimate of drug-likeness (QED) is 0.307. The van der Waals surface area contributed by atoms with Crippen LogP contribution in [0.4, 0.5) is 13.2 Å². The fourth-order valence-electron chi connectivity index (χ4n) is 3.85. The predicted molar refractivity (Wildman–Crippen MR) is 129 cm³/mol. The van der Waals surface area contributed by atoms with E-state index in [0.29, 0.717) is 16.9 Å². The van der Waals surface area contributed by atoms with E-state index in [0.717, 1.165) is 12.1 Å². The summed E-state index contributed by atoms with van der Waals surface area (Å²) in [4.78, 5) is 24.5. The molecule has 3 aromatic carbocycles. The minimum atomic E-state index is -1.60. The summed E-state index contributed by atoms with van der Waals surface area (Å²) < 4.78 is 47.8. The summed E-state index contributed by atoms with van der Waals surface area (Å²) in [7, 11) is 0. The van der Waals surface area contributed by atoms with E-state index in [9.17, 15) is 22.8 Å². The van der Waals surface area contributed by atoms with Gasteiger partial charge in [0.1, 0.15) is 12.4 Å². The average Bonchev–Trinajstić information content (AvgIpc) is 2.85. The molecule has 3 rings (SSSR count). The first-order valence-electron chi connectivity index (χ1n) is 11.6. The highest BCUT2D eigenvalue weighted by Gasteiger charge is 2.25. The van der Waals surface area contributed by atoms with Gasteiger partial charge in [0.25, 0.3) is 5.91 Å². The van der Waals surface area contributed by atoms with Crippen molar-refractivity contribution < 1.29 is 32.6 Å². The number of para-hydroxylation sites is 1. The van der Waals surface area contributed by atoms with E-state index in [2.05, 4.69) is 5.32 Å². The summed E-state index contributed by atoms with van der Waals surface area (Å²) in [6.45, 7) is 3.88. The van der Waals surface area contributed by atoms with Gasteiger partial charge in [-0.2, -0.15) is 0 Å². The van der Waals surface area contributed by atoms with E-state index in [4.69, 9.17) is 9.84 Å². The summed E-state index contributed by atoms with van der Waals surface area (Å²) >= 11 is 0. The summed E-state index contributed by atoms with van der Waals surface area (Å²) in [5.74, 6) is -5.21. The number of carbonyl (C=O) groups excluding carboxylic acids is 1. The molecular formula is C28H28F3NO4. The van der Waals surface area contributed by atoms with Crippen LogP contribution in [0.1, 0.15) is 59.8 Å². The molecule has 190 valence electrons. The molecular weight excluding hydrogens is 471 g/mol. The monoisotopic (exact) mass is 499 g/mol. The van der Waals surface area contributed by atoms with Crippen LogP contribution in [0.3, 0.4) is 0 Å². The maximum absolute atomic E-state index is 14.6. The number of aryl methyl sites for hydroxylation is 1. The zero-order chi connectivity index (χ0) is 26.2. The number of benzene rings is 3. The number of rotatable bonds is 11. The van der Waals surface area contributed by atoms with Crippen molar-refractivity contribution in [3.8, 4) is 5.75 Å². The largest absolute Gasteiger partial charge is 0.489 e. The van der Waals surface area contributed by atoms with Crippen LogP contribution >= 0.6 is 0 Å². The zero-order valence-electron chi connectivity index (χ0n) is 20.1. The molecule has 0 aromatic heterocycles. The van der Waals surface area contributed by atoms with Crippen LogP contribution < -0.4 is 10.1 Å². The number of hydrogen-bond acceptors (Lipinski definition) is 3. The number of carbonyl (C=O) groups is 2. The fourth-order valence-corrected chi connectivity index (χ4v) is 3.85. The molecule has 0 aliphatic carbocycles. The lowest BCUT2D eigenvalue weighted by molar-refractivity contribution is -0.136. The Morgan fingerprint density at radius 1 is 0.972 bits per heavy atom. The van der Waals surface area contributed by atoms with Crippen molar-refractivity contribution in [1.29, 1.82) is 0 Å². The van der Waals surface area contributed by atoms with Gasteiger partial charge in [-0.1, -0.05) is 50.2 Å². The average molecular weight is 500 g/mol. The number of halogens is 3. The minimum Gasteiger partial charge on any atom is -0.489 e. The highest BCUT2D eigenvalue weighted by atomic mass is 19.2. The molecule has 36 heavy (non-hydrogen) atoms. The van der Waals surface area contributed by atoms with Crippen molar-refractivity contribution >= 4 is 11.9 Å². The molecule has 1 unspecified atom stereocenters. The molecule has 0 saturated heterocycles. The highest BCUT2D eigenvalue weighted by Crippen LogP contribution is 2.27. The van der Waals surface area contributed by atoms with Gasteiger partial charge in [0.05, 0.1) is 6.04 Å². The lowest BCUT2D eigenvalue weighted by Gasteiger charge is -2.23. The molecule has 1 amide bonds. The third kappa shape index (κ3) is 7.10. The van der Waals surface area contributed by atoms with E-state index >= 15 is 0 Å². The lowest BCUT2D eigenvalue weighted by Crippen LogP contribution is -2.31. The first-order valence-corrected chi connectivity index (χ1v) is 11.6. The van der Waals surface area contributed by atoms with Crippen LogP contribution in [0.25, 0.3) is 0 Å². The van der Waals surface area contributed by atoms with Gasteiger partial charge < -0.3 is 15.2 Å². The van der Waals surface area contributed by atoms with Crippen LogP contribution in [0.2, 0.25) is 0 Å². The highest BCUT2D eigenvalue weighted by molar-refractivity contribution is 5.96. The Bertz CT molecular complexity index is 1210. The normalized spacial score (nSPS) is 11.8. The lowest BCUT2D eigenvalue weighted by atomic mass is 9.94. The second-order valence-corrected chi connectivity index (χ2v) is 8.91.